The van der Waals surface area contributed by atoms with Crippen molar-refractivity contribution in [3.05, 3.63) is 35.5 Å². The van der Waals surface area contributed by atoms with Crippen LogP contribution in [0.15, 0.2) is 18.6 Å². The van der Waals surface area contributed by atoms with Gasteiger partial charge in [-0.1, -0.05) is 0 Å². The highest BCUT2D eigenvalue weighted by Gasteiger charge is 2.29. The van der Waals surface area contributed by atoms with E-state index in [0.29, 0.717) is 23.6 Å². The van der Waals surface area contributed by atoms with Crippen molar-refractivity contribution in [2.45, 2.75) is 19.4 Å². The van der Waals surface area contributed by atoms with Gasteiger partial charge in [-0.2, -0.15) is 5.10 Å². The van der Waals surface area contributed by atoms with Gasteiger partial charge in [0.25, 0.3) is 11.8 Å². The summed E-state index contributed by atoms with van der Waals surface area (Å²) in [4.78, 5) is 39.9. The molecule has 10 nitrogen and oxygen atoms in total. The lowest BCUT2D eigenvalue weighted by atomic mass is 9.94. The molecule has 2 aliphatic rings. The average Bonchev–Trinajstić information content (AvgIpc) is 3.21. The zero-order chi connectivity index (χ0) is 22.0. The summed E-state index contributed by atoms with van der Waals surface area (Å²) in [7, 11) is 5.82. The second-order valence-corrected chi connectivity index (χ2v) is 8.55. The van der Waals surface area contributed by atoms with Crippen LogP contribution in [0, 0.1) is 5.92 Å². The van der Waals surface area contributed by atoms with Gasteiger partial charge in [-0.15, -0.1) is 0 Å². The number of nitrogens with one attached hydrogen (secondary N) is 1. The van der Waals surface area contributed by atoms with E-state index in [1.54, 1.807) is 12.4 Å². The molecule has 1 atom stereocenters. The van der Waals surface area contributed by atoms with Crippen molar-refractivity contribution in [2.75, 3.05) is 58.8 Å². The summed E-state index contributed by atoms with van der Waals surface area (Å²) in [5.74, 6) is 0.789. The van der Waals surface area contributed by atoms with E-state index in [0.717, 1.165) is 51.3 Å². The molecule has 4 rings (SSSR count). The predicted molar refractivity (Wildman–Crippen MR) is 116 cm³/mol. The number of hydrogen-bond donors (Lipinski definition) is 1. The first-order valence-electron chi connectivity index (χ1n) is 10.7. The van der Waals surface area contributed by atoms with Crippen molar-refractivity contribution in [2.24, 2.45) is 5.92 Å². The summed E-state index contributed by atoms with van der Waals surface area (Å²) in [5.41, 5.74) is 1.98. The van der Waals surface area contributed by atoms with Crippen molar-refractivity contribution >= 4 is 17.6 Å². The minimum absolute atomic E-state index is 0.0651. The van der Waals surface area contributed by atoms with Crippen LogP contribution in [0.3, 0.4) is 0 Å². The van der Waals surface area contributed by atoms with E-state index in [-0.39, 0.29) is 17.7 Å². The second-order valence-electron chi connectivity index (χ2n) is 8.55. The molecule has 0 aliphatic carbocycles. The monoisotopic (exact) mass is 426 g/mol. The maximum atomic E-state index is 13.0. The normalized spacial score (nSPS) is 19.1. The summed E-state index contributed by atoms with van der Waals surface area (Å²) in [6.45, 7) is 4.55. The van der Waals surface area contributed by atoms with Crippen LogP contribution >= 0.6 is 0 Å². The van der Waals surface area contributed by atoms with Gasteiger partial charge in [0.15, 0.2) is 0 Å². The van der Waals surface area contributed by atoms with Crippen molar-refractivity contribution in [1.29, 1.82) is 0 Å². The largest absolute Gasteiger partial charge is 0.361 e. The number of fused-ring (bicyclic) bond motifs is 1. The summed E-state index contributed by atoms with van der Waals surface area (Å²) < 4.78 is 1.94. The summed E-state index contributed by atoms with van der Waals surface area (Å²) >= 11 is 0. The number of amides is 2. The second kappa shape index (κ2) is 9.01. The van der Waals surface area contributed by atoms with Crippen LogP contribution in [0.1, 0.15) is 33.0 Å². The van der Waals surface area contributed by atoms with Crippen molar-refractivity contribution in [3.8, 4) is 0 Å². The van der Waals surface area contributed by atoms with Crippen LogP contribution in [0.25, 0.3) is 0 Å². The number of likely N-dealkylation sites (N-methyl/N-ethyl adjacent to an activating group) is 1. The Balaban J connectivity index is 1.36. The van der Waals surface area contributed by atoms with Crippen LogP contribution in [-0.4, -0.2) is 95.2 Å². The molecule has 2 aromatic rings. The quantitative estimate of drug-likeness (QED) is 0.725. The first-order chi connectivity index (χ1) is 14.9. The Bertz CT molecular complexity index is 931. The third-order valence-electron chi connectivity index (χ3n) is 6.08. The van der Waals surface area contributed by atoms with E-state index < -0.39 is 0 Å². The number of anilines is 1. The summed E-state index contributed by atoms with van der Waals surface area (Å²) in [5, 5.41) is 7.41. The maximum Gasteiger partial charge on any atom is 0.271 e. The third-order valence-corrected chi connectivity index (χ3v) is 6.08. The van der Waals surface area contributed by atoms with Crippen molar-refractivity contribution in [3.63, 3.8) is 0 Å². The van der Waals surface area contributed by atoms with E-state index in [4.69, 9.17) is 0 Å². The van der Waals surface area contributed by atoms with Gasteiger partial charge in [-0.05, 0) is 25.8 Å². The van der Waals surface area contributed by atoms with Crippen LogP contribution in [0.5, 0.6) is 0 Å². The Morgan fingerprint density at radius 1 is 1.10 bits per heavy atom. The molecule has 10 heteroatoms. The Morgan fingerprint density at radius 3 is 2.55 bits per heavy atom. The Hall–Kier alpha value is -3.01. The lowest BCUT2D eigenvalue weighted by molar-refractivity contribution is 0.0661. The molecule has 0 spiro atoms. The molecule has 31 heavy (non-hydrogen) atoms. The van der Waals surface area contributed by atoms with Crippen LogP contribution in [0.4, 0.5) is 5.82 Å². The lowest BCUT2D eigenvalue weighted by Gasteiger charge is -2.32. The molecule has 2 aromatic heterocycles. The number of carbonyl (C=O) groups excluding carboxylic acids is 2. The summed E-state index contributed by atoms with van der Waals surface area (Å²) in [6.07, 6.45) is 6.42. The topological polar surface area (TPSA) is 99.5 Å². The number of piperazine rings is 1. The maximum absolute atomic E-state index is 13.0. The number of hydrogen-bond acceptors (Lipinski definition) is 7. The molecular formula is C21H30N8O2. The van der Waals surface area contributed by atoms with Crippen LogP contribution in [0.2, 0.25) is 0 Å². The van der Waals surface area contributed by atoms with E-state index in [9.17, 15) is 9.59 Å². The number of nitrogens with zero attached hydrogens (tertiary/aromatic N) is 7. The molecule has 1 unspecified atom stereocenters. The molecule has 0 radical (unpaired) electrons. The van der Waals surface area contributed by atoms with E-state index >= 15 is 0 Å². The fourth-order valence-electron chi connectivity index (χ4n) is 4.03. The van der Waals surface area contributed by atoms with Gasteiger partial charge in [0.05, 0.1) is 29.8 Å². The molecule has 0 saturated carbocycles. The van der Waals surface area contributed by atoms with Crippen molar-refractivity contribution < 1.29 is 9.59 Å². The highest BCUT2D eigenvalue weighted by Crippen LogP contribution is 2.24. The first-order valence-corrected chi connectivity index (χ1v) is 10.7. The zero-order valence-electron chi connectivity index (χ0n) is 18.4. The molecule has 4 heterocycles. The summed E-state index contributed by atoms with van der Waals surface area (Å²) in [6, 6.07) is 0. The molecule has 2 aliphatic heterocycles. The van der Waals surface area contributed by atoms with E-state index in [1.165, 1.54) is 6.20 Å². The highest BCUT2D eigenvalue weighted by atomic mass is 16.2. The Kier molecular flexibility index (Phi) is 6.17. The lowest BCUT2D eigenvalue weighted by Crippen LogP contribution is -2.47. The minimum atomic E-state index is -0.231. The van der Waals surface area contributed by atoms with E-state index in [1.807, 2.05) is 28.6 Å². The molecule has 2 amide bonds. The van der Waals surface area contributed by atoms with Crippen LogP contribution in [-0.2, 0) is 13.0 Å². The molecule has 0 aromatic carbocycles. The van der Waals surface area contributed by atoms with Crippen molar-refractivity contribution in [1.82, 2.24) is 34.9 Å². The highest BCUT2D eigenvalue weighted by molar-refractivity contribution is 5.95. The number of rotatable bonds is 5. The third kappa shape index (κ3) is 4.68. The number of aryl methyl sites for hydroxylation is 1. The smallest absolute Gasteiger partial charge is 0.271 e. The molecular weight excluding hydrogens is 396 g/mol. The molecule has 1 fully saturated rings. The fourth-order valence-corrected chi connectivity index (χ4v) is 4.03. The SMILES string of the molecule is CN1CCN(C(=O)c2cnn3c2CC(CNC(=O)c2cnc(N(C)C)cn2)CC3)CC1. The minimum Gasteiger partial charge on any atom is -0.361 e. The Labute approximate surface area is 182 Å². The molecule has 1 N–H and O–H groups in total. The number of aromatic nitrogens is 4. The Morgan fingerprint density at radius 2 is 1.87 bits per heavy atom. The van der Waals surface area contributed by atoms with Gasteiger partial charge in [-0.25, -0.2) is 9.97 Å². The van der Waals surface area contributed by atoms with Crippen LogP contribution < -0.4 is 10.2 Å². The van der Waals surface area contributed by atoms with Gasteiger partial charge in [-0.3, -0.25) is 14.3 Å². The molecule has 0 bridgehead atoms. The molecule has 1 saturated heterocycles. The predicted octanol–water partition coefficient (Wildman–Crippen LogP) is 0.119. The van der Waals surface area contributed by atoms with Gasteiger partial charge in [0.2, 0.25) is 0 Å². The number of carbonyl (C=O) groups is 2. The first kappa shape index (κ1) is 21.2. The average molecular weight is 427 g/mol. The van der Waals surface area contributed by atoms with E-state index in [2.05, 4.69) is 32.3 Å². The zero-order valence-corrected chi connectivity index (χ0v) is 18.4. The van der Waals surface area contributed by atoms with Gasteiger partial charge in [0.1, 0.15) is 11.5 Å². The van der Waals surface area contributed by atoms with Gasteiger partial charge >= 0.3 is 0 Å². The fraction of sp³-hybridized carbons (Fsp3) is 0.571. The molecule has 166 valence electrons. The standard InChI is InChI=1S/C21H30N8O2/c1-26(2)19-14-22-17(13-23-19)20(30)24-11-15-4-5-29-18(10-15)16(12-25-29)21(31)28-8-6-27(3)7-9-28/h12-15H,4-11H2,1-3H3,(H,24,30). The van der Waals surface area contributed by atoms with Gasteiger partial charge in [0, 0.05) is 53.4 Å². The van der Waals surface area contributed by atoms with Gasteiger partial charge < -0.3 is 20.0 Å².